The van der Waals surface area contributed by atoms with Crippen molar-refractivity contribution in [1.29, 1.82) is 0 Å². The molecular weight excluding hydrogens is 301 g/mol. The molecule has 1 aliphatic rings. The fourth-order valence-electron chi connectivity index (χ4n) is 2.32. The van der Waals surface area contributed by atoms with Gasteiger partial charge in [-0.2, -0.15) is 4.31 Å². The molecule has 1 unspecified atom stereocenters. The lowest BCUT2D eigenvalue weighted by Gasteiger charge is -2.29. The number of aliphatic hydroxyl groups excluding tert-OH is 1. The first kappa shape index (κ1) is 15.9. The number of piperidine rings is 1. The van der Waals surface area contributed by atoms with Crippen LogP contribution in [0.3, 0.4) is 0 Å². The van der Waals surface area contributed by atoms with Gasteiger partial charge in [-0.25, -0.2) is 17.6 Å². The van der Waals surface area contributed by atoms with Crippen molar-refractivity contribution in [2.24, 2.45) is 0 Å². The van der Waals surface area contributed by atoms with Crippen molar-refractivity contribution < 1.29 is 27.8 Å². The van der Waals surface area contributed by atoms with Crippen molar-refractivity contribution in [2.45, 2.75) is 30.8 Å². The Morgan fingerprint density at radius 2 is 2.10 bits per heavy atom. The zero-order chi connectivity index (χ0) is 15.8. The summed E-state index contributed by atoms with van der Waals surface area (Å²) in [5.74, 6) is -2.28. The molecule has 0 spiro atoms. The van der Waals surface area contributed by atoms with E-state index >= 15 is 0 Å². The third-order valence-corrected chi connectivity index (χ3v) is 5.51. The number of hydrogen-bond donors (Lipinski definition) is 2. The van der Waals surface area contributed by atoms with Crippen LogP contribution in [0.25, 0.3) is 0 Å². The lowest BCUT2D eigenvalue weighted by molar-refractivity contribution is 0.0696. The van der Waals surface area contributed by atoms with Crippen LogP contribution < -0.4 is 0 Å². The molecule has 6 nitrogen and oxygen atoms in total. The molecule has 1 aromatic rings. The Kier molecular flexibility index (Phi) is 4.31. The number of rotatable bonds is 3. The number of halogens is 1. The fraction of sp³-hybridized carbons (Fsp3) is 0.462. The molecule has 1 atom stereocenters. The van der Waals surface area contributed by atoms with E-state index in [9.17, 15) is 22.7 Å². The summed E-state index contributed by atoms with van der Waals surface area (Å²) in [6.07, 6.45) is 0.246. The van der Waals surface area contributed by atoms with E-state index in [1.807, 2.05) is 0 Å². The van der Waals surface area contributed by atoms with E-state index in [4.69, 9.17) is 5.11 Å². The first-order valence-electron chi connectivity index (χ1n) is 6.45. The molecular formula is C13H16FNO5S. The standard InChI is InChI=1S/C13H16FNO5S/c1-8-11(14)5-9(13(17)18)6-12(8)21(19,20)15-4-2-3-10(16)7-15/h5-6,10,16H,2-4,7H2,1H3,(H,17,18). The Hall–Kier alpha value is -1.51. The maximum absolute atomic E-state index is 13.8. The van der Waals surface area contributed by atoms with Gasteiger partial charge in [-0.3, -0.25) is 0 Å². The van der Waals surface area contributed by atoms with Gasteiger partial charge in [-0.1, -0.05) is 0 Å². The quantitative estimate of drug-likeness (QED) is 0.866. The molecule has 2 rings (SSSR count). The fourth-order valence-corrected chi connectivity index (χ4v) is 4.10. The topological polar surface area (TPSA) is 94.9 Å². The second-order valence-electron chi connectivity index (χ2n) is 5.05. The van der Waals surface area contributed by atoms with Crippen LogP contribution in [0.4, 0.5) is 4.39 Å². The maximum Gasteiger partial charge on any atom is 0.335 e. The van der Waals surface area contributed by atoms with Crippen LogP contribution in [0, 0.1) is 12.7 Å². The highest BCUT2D eigenvalue weighted by atomic mass is 32.2. The highest BCUT2D eigenvalue weighted by molar-refractivity contribution is 7.89. The van der Waals surface area contributed by atoms with E-state index in [1.54, 1.807) is 0 Å². The number of aromatic carboxylic acids is 1. The summed E-state index contributed by atoms with van der Waals surface area (Å²) in [6, 6.07) is 1.75. The lowest BCUT2D eigenvalue weighted by Crippen LogP contribution is -2.42. The van der Waals surface area contributed by atoms with E-state index < -0.39 is 33.5 Å². The third kappa shape index (κ3) is 3.07. The smallest absolute Gasteiger partial charge is 0.335 e. The zero-order valence-electron chi connectivity index (χ0n) is 11.4. The van der Waals surface area contributed by atoms with E-state index in [-0.39, 0.29) is 23.5 Å². The normalized spacial score (nSPS) is 20.4. The number of sulfonamides is 1. The van der Waals surface area contributed by atoms with Crippen LogP contribution in [0.2, 0.25) is 0 Å². The number of hydrogen-bond acceptors (Lipinski definition) is 4. The molecule has 0 amide bonds. The van der Waals surface area contributed by atoms with Crippen LogP contribution in [-0.4, -0.2) is 48.1 Å². The molecule has 0 aromatic heterocycles. The maximum atomic E-state index is 13.8. The number of carbonyl (C=O) groups is 1. The minimum absolute atomic E-state index is 0.0688. The second-order valence-corrected chi connectivity index (χ2v) is 6.95. The third-order valence-electron chi connectivity index (χ3n) is 3.52. The van der Waals surface area contributed by atoms with Crippen LogP contribution >= 0.6 is 0 Å². The molecule has 1 aliphatic heterocycles. The molecule has 8 heteroatoms. The van der Waals surface area contributed by atoms with Gasteiger partial charge in [0.05, 0.1) is 16.6 Å². The van der Waals surface area contributed by atoms with Gasteiger partial charge in [0.15, 0.2) is 0 Å². The number of aliphatic hydroxyl groups is 1. The van der Waals surface area contributed by atoms with Gasteiger partial charge < -0.3 is 10.2 Å². The molecule has 0 bridgehead atoms. The Morgan fingerprint density at radius 1 is 1.43 bits per heavy atom. The van der Waals surface area contributed by atoms with Crippen molar-refractivity contribution in [2.75, 3.05) is 13.1 Å². The summed E-state index contributed by atoms with van der Waals surface area (Å²) in [5, 5.41) is 18.5. The van der Waals surface area contributed by atoms with Gasteiger partial charge in [0.25, 0.3) is 0 Å². The number of carboxylic acids is 1. The van der Waals surface area contributed by atoms with Crippen molar-refractivity contribution in [1.82, 2.24) is 4.31 Å². The molecule has 2 N–H and O–H groups in total. The van der Waals surface area contributed by atoms with Crippen molar-refractivity contribution in [3.05, 3.63) is 29.1 Å². The summed E-state index contributed by atoms with van der Waals surface area (Å²) in [4.78, 5) is 10.6. The summed E-state index contributed by atoms with van der Waals surface area (Å²) in [5.41, 5.74) is -0.547. The SMILES string of the molecule is Cc1c(F)cc(C(=O)O)cc1S(=O)(=O)N1CCCC(O)C1. The van der Waals surface area contributed by atoms with Crippen molar-refractivity contribution in [3.63, 3.8) is 0 Å². The largest absolute Gasteiger partial charge is 0.478 e. The minimum atomic E-state index is -4.03. The average Bonchev–Trinajstić information content (AvgIpc) is 2.41. The molecule has 1 heterocycles. The minimum Gasteiger partial charge on any atom is -0.478 e. The predicted octanol–water partition coefficient (Wildman–Crippen LogP) is 0.978. The molecule has 0 saturated carbocycles. The zero-order valence-corrected chi connectivity index (χ0v) is 12.2. The number of benzene rings is 1. The van der Waals surface area contributed by atoms with Crippen molar-refractivity contribution >= 4 is 16.0 Å². The monoisotopic (exact) mass is 317 g/mol. The first-order chi connectivity index (χ1) is 9.73. The van der Waals surface area contributed by atoms with Crippen LogP contribution in [0.1, 0.15) is 28.8 Å². The summed E-state index contributed by atoms with van der Waals surface area (Å²) in [6.45, 7) is 1.44. The van der Waals surface area contributed by atoms with E-state index in [1.165, 1.54) is 6.92 Å². The van der Waals surface area contributed by atoms with Gasteiger partial charge in [0, 0.05) is 18.7 Å². The predicted molar refractivity (Wildman–Crippen MR) is 72.1 cm³/mol. The highest BCUT2D eigenvalue weighted by Gasteiger charge is 2.32. The average molecular weight is 317 g/mol. The van der Waals surface area contributed by atoms with Crippen LogP contribution in [0.15, 0.2) is 17.0 Å². The number of carboxylic acid groups (broad SMARTS) is 1. The van der Waals surface area contributed by atoms with Gasteiger partial charge in [-0.15, -0.1) is 0 Å². The van der Waals surface area contributed by atoms with Gasteiger partial charge in [-0.05, 0) is 31.9 Å². The molecule has 1 aromatic carbocycles. The van der Waals surface area contributed by atoms with E-state index in [0.29, 0.717) is 12.8 Å². The summed E-state index contributed by atoms with van der Waals surface area (Å²) in [7, 11) is -4.03. The Morgan fingerprint density at radius 3 is 2.67 bits per heavy atom. The number of β-amino-alcohol motifs (C(OH)–C–C–N with tert-alkyl or cyclic N) is 1. The van der Waals surface area contributed by atoms with Crippen LogP contribution in [-0.2, 0) is 10.0 Å². The molecule has 21 heavy (non-hydrogen) atoms. The Bertz CT molecular complexity index is 673. The molecule has 1 saturated heterocycles. The molecule has 0 aliphatic carbocycles. The number of nitrogens with zero attached hydrogens (tertiary/aromatic N) is 1. The van der Waals surface area contributed by atoms with E-state index in [2.05, 4.69) is 0 Å². The van der Waals surface area contributed by atoms with Gasteiger partial charge >= 0.3 is 5.97 Å². The second kappa shape index (κ2) is 5.70. The summed E-state index contributed by atoms with van der Waals surface area (Å²) >= 11 is 0. The first-order valence-corrected chi connectivity index (χ1v) is 7.89. The molecule has 0 radical (unpaired) electrons. The van der Waals surface area contributed by atoms with Gasteiger partial charge in [0.1, 0.15) is 5.82 Å². The Labute approximate surface area is 121 Å². The van der Waals surface area contributed by atoms with Crippen LogP contribution in [0.5, 0.6) is 0 Å². The molecule has 1 fully saturated rings. The van der Waals surface area contributed by atoms with Gasteiger partial charge in [0.2, 0.25) is 10.0 Å². The highest BCUT2D eigenvalue weighted by Crippen LogP contribution is 2.26. The molecule has 116 valence electrons. The van der Waals surface area contributed by atoms with E-state index in [0.717, 1.165) is 16.4 Å². The lowest BCUT2D eigenvalue weighted by atomic mass is 10.1. The van der Waals surface area contributed by atoms with Crippen molar-refractivity contribution in [3.8, 4) is 0 Å². The Balaban J connectivity index is 2.51. The summed E-state index contributed by atoms with van der Waals surface area (Å²) < 4.78 is 39.9.